The van der Waals surface area contributed by atoms with Gasteiger partial charge in [-0.15, -0.1) is 0 Å². The Bertz CT molecular complexity index is 408. The fourth-order valence-corrected chi connectivity index (χ4v) is 0.928. The van der Waals surface area contributed by atoms with Crippen molar-refractivity contribution < 1.29 is 0 Å². The second kappa shape index (κ2) is 3.13. The molecule has 0 radical (unpaired) electrons. The number of nitrogens with one attached hydrogen (secondary N) is 1. The lowest BCUT2D eigenvalue weighted by atomic mass is 10.3. The zero-order valence-corrected chi connectivity index (χ0v) is 6.83. The first kappa shape index (κ1) is 8.39. The first-order valence-electron chi connectivity index (χ1n) is 3.45. The Morgan fingerprint density at radius 2 is 2.17 bits per heavy atom. The topological polar surface area (TPSA) is 75.7 Å². The van der Waals surface area contributed by atoms with Crippen LogP contribution in [-0.4, -0.2) is 16.2 Å². The van der Waals surface area contributed by atoms with Gasteiger partial charge in [0.05, 0.1) is 5.35 Å². The van der Waals surface area contributed by atoms with E-state index in [2.05, 4.69) is 16.5 Å². The van der Waals surface area contributed by atoms with Crippen LogP contribution in [0.4, 0.5) is 5.82 Å². The fraction of sp³-hybridized carbons (Fsp3) is 0.125. The average Bonchev–Trinajstić information content (AvgIpc) is 1.96. The molecule has 0 unspecified atom stereocenters. The van der Waals surface area contributed by atoms with Gasteiger partial charge in [0.1, 0.15) is 11.6 Å². The lowest BCUT2D eigenvalue weighted by Crippen LogP contribution is -2.32. The number of anilines is 1. The monoisotopic (exact) mass is 162 g/mol. The van der Waals surface area contributed by atoms with E-state index in [4.69, 9.17) is 11.1 Å². The predicted molar refractivity (Wildman–Crippen MR) is 49.2 cm³/mol. The van der Waals surface area contributed by atoms with Crippen molar-refractivity contribution in [3.05, 3.63) is 16.4 Å². The van der Waals surface area contributed by atoms with Gasteiger partial charge in [-0.25, -0.2) is 9.97 Å². The summed E-state index contributed by atoms with van der Waals surface area (Å²) in [5, 5.41) is 8.05. The SMILES string of the molecule is C=c1nc(C)nc(N)/c1=C\C=N. The largest absolute Gasteiger partial charge is 0.383 e. The molecular weight excluding hydrogens is 152 g/mol. The van der Waals surface area contributed by atoms with E-state index in [1.54, 1.807) is 6.92 Å². The maximum absolute atomic E-state index is 6.87. The van der Waals surface area contributed by atoms with Crippen molar-refractivity contribution >= 4 is 24.7 Å². The number of aryl methyl sites for hydroxylation is 1. The minimum atomic E-state index is 0.371. The van der Waals surface area contributed by atoms with Gasteiger partial charge >= 0.3 is 0 Å². The highest BCUT2D eigenvalue weighted by Gasteiger charge is 1.94. The summed E-state index contributed by atoms with van der Waals surface area (Å²) in [5.41, 5.74) is 5.58. The predicted octanol–water partition coefficient (Wildman–Crippen LogP) is -0.792. The molecule has 0 atom stereocenters. The van der Waals surface area contributed by atoms with Gasteiger partial charge in [0.2, 0.25) is 0 Å². The van der Waals surface area contributed by atoms with Gasteiger partial charge in [-0.2, -0.15) is 0 Å². The van der Waals surface area contributed by atoms with E-state index in [1.165, 1.54) is 6.08 Å². The first-order valence-corrected chi connectivity index (χ1v) is 3.45. The molecule has 0 amide bonds. The summed E-state index contributed by atoms with van der Waals surface area (Å²) in [6.45, 7) is 5.44. The first-order chi connectivity index (χ1) is 5.65. The third-order valence-corrected chi connectivity index (χ3v) is 1.42. The van der Waals surface area contributed by atoms with Crippen LogP contribution in [0.2, 0.25) is 0 Å². The molecule has 4 nitrogen and oxygen atoms in total. The molecule has 1 heterocycles. The van der Waals surface area contributed by atoms with Gasteiger partial charge in [-0.3, -0.25) is 0 Å². The molecule has 0 spiro atoms. The van der Waals surface area contributed by atoms with Crippen molar-refractivity contribution in [3.8, 4) is 0 Å². The van der Waals surface area contributed by atoms with E-state index in [9.17, 15) is 0 Å². The lowest BCUT2D eigenvalue weighted by Gasteiger charge is -1.95. The second-order valence-corrected chi connectivity index (χ2v) is 2.35. The van der Waals surface area contributed by atoms with Crippen LogP contribution in [0.1, 0.15) is 5.82 Å². The zero-order chi connectivity index (χ0) is 9.14. The number of rotatable bonds is 1. The Hall–Kier alpha value is -1.71. The van der Waals surface area contributed by atoms with Crippen molar-refractivity contribution in [1.82, 2.24) is 9.97 Å². The molecule has 3 N–H and O–H groups in total. The molecule has 1 aromatic heterocycles. The van der Waals surface area contributed by atoms with E-state index in [-0.39, 0.29) is 0 Å². The van der Waals surface area contributed by atoms with Crippen LogP contribution in [0.25, 0.3) is 12.7 Å². The van der Waals surface area contributed by atoms with E-state index < -0.39 is 0 Å². The van der Waals surface area contributed by atoms with Crippen LogP contribution < -0.4 is 16.3 Å². The van der Waals surface area contributed by atoms with Crippen molar-refractivity contribution in [2.24, 2.45) is 0 Å². The quantitative estimate of drug-likeness (QED) is 0.531. The minimum Gasteiger partial charge on any atom is -0.383 e. The lowest BCUT2D eigenvalue weighted by molar-refractivity contribution is 1.02. The molecule has 0 aliphatic carbocycles. The summed E-state index contributed by atoms with van der Waals surface area (Å²) < 4.78 is 0. The molecule has 0 bridgehead atoms. The van der Waals surface area contributed by atoms with E-state index in [0.29, 0.717) is 22.2 Å². The van der Waals surface area contributed by atoms with Crippen molar-refractivity contribution in [3.63, 3.8) is 0 Å². The highest BCUT2D eigenvalue weighted by Crippen LogP contribution is 1.82. The Morgan fingerprint density at radius 3 is 2.67 bits per heavy atom. The van der Waals surface area contributed by atoms with Crippen molar-refractivity contribution in [2.75, 3.05) is 5.73 Å². The molecule has 0 aliphatic heterocycles. The number of aromatic nitrogens is 2. The molecule has 1 rings (SSSR count). The Kier molecular flexibility index (Phi) is 2.19. The Balaban J connectivity index is 3.60. The van der Waals surface area contributed by atoms with E-state index in [0.717, 1.165) is 6.21 Å². The molecule has 12 heavy (non-hydrogen) atoms. The summed E-state index contributed by atoms with van der Waals surface area (Å²) in [6, 6.07) is 0. The van der Waals surface area contributed by atoms with E-state index >= 15 is 0 Å². The number of hydrogen-bond acceptors (Lipinski definition) is 4. The standard InChI is InChI=1S/C8H10N4/c1-5-7(3-4-9)8(10)12-6(2)11-5/h3-4,9H,1H2,2H3,(H2,10,11,12)/b7-3-,9-4?. The molecule has 0 saturated carbocycles. The minimum absolute atomic E-state index is 0.371. The fourth-order valence-electron chi connectivity index (χ4n) is 0.928. The maximum Gasteiger partial charge on any atom is 0.135 e. The normalized spacial score (nSPS) is 11.6. The third kappa shape index (κ3) is 1.47. The summed E-state index contributed by atoms with van der Waals surface area (Å²) >= 11 is 0. The summed E-state index contributed by atoms with van der Waals surface area (Å²) in [6.07, 6.45) is 2.66. The van der Waals surface area contributed by atoms with Gasteiger partial charge in [0.25, 0.3) is 0 Å². The van der Waals surface area contributed by atoms with Gasteiger partial charge in [-0.05, 0) is 13.0 Å². The molecule has 0 aliphatic rings. The Morgan fingerprint density at radius 1 is 1.50 bits per heavy atom. The van der Waals surface area contributed by atoms with Gasteiger partial charge in [0.15, 0.2) is 0 Å². The molecular formula is C8H10N4. The second-order valence-electron chi connectivity index (χ2n) is 2.35. The van der Waals surface area contributed by atoms with Gasteiger partial charge in [-0.1, -0.05) is 6.58 Å². The van der Waals surface area contributed by atoms with Crippen molar-refractivity contribution in [2.45, 2.75) is 6.92 Å². The summed E-state index contributed by atoms with van der Waals surface area (Å²) in [7, 11) is 0. The molecule has 0 saturated heterocycles. The van der Waals surface area contributed by atoms with Crippen LogP contribution in [0.15, 0.2) is 0 Å². The molecule has 1 aromatic rings. The summed E-state index contributed by atoms with van der Waals surface area (Å²) in [4.78, 5) is 7.96. The van der Waals surface area contributed by atoms with E-state index in [1.807, 2.05) is 0 Å². The number of nitrogens with two attached hydrogens (primary N) is 1. The van der Waals surface area contributed by atoms with Crippen LogP contribution in [0.3, 0.4) is 0 Å². The van der Waals surface area contributed by atoms with Crippen LogP contribution >= 0.6 is 0 Å². The highest BCUT2D eigenvalue weighted by molar-refractivity contribution is 5.89. The molecule has 62 valence electrons. The Labute approximate surface area is 70.0 Å². The molecule has 0 fully saturated rings. The average molecular weight is 162 g/mol. The summed E-state index contributed by atoms with van der Waals surface area (Å²) in [5.74, 6) is 0.968. The van der Waals surface area contributed by atoms with Crippen LogP contribution in [0, 0.1) is 12.3 Å². The smallest absolute Gasteiger partial charge is 0.135 e. The highest BCUT2D eigenvalue weighted by atomic mass is 14.9. The maximum atomic E-state index is 6.87. The number of hydrogen-bond donors (Lipinski definition) is 2. The van der Waals surface area contributed by atoms with Crippen LogP contribution in [0.5, 0.6) is 0 Å². The zero-order valence-electron chi connectivity index (χ0n) is 6.83. The number of nitrogens with zero attached hydrogens (tertiary/aromatic N) is 2. The number of nitrogen functional groups attached to an aromatic ring is 1. The van der Waals surface area contributed by atoms with Gasteiger partial charge in [0, 0.05) is 11.4 Å². The van der Waals surface area contributed by atoms with Crippen LogP contribution in [-0.2, 0) is 0 Å². The third-order valence-electron chi connectivity index (χ3n) is 1.42. The molecule has 4 heteroatoms. The van der Waals surface area contributed by atoms with Gasteiger partial charge < -0.3 is 11.1 Å². The van der Waals surface area contributed by atoms with Crippen molar-refractivity contribution in [1.29, 1.82) is 5.41 Å². The molecule has 0 aromatic carbocycles.